The maximum Gasteiger partial charge on any atom is 0.197 e. The second-order valence-electron chi connectivity index (χ2n) is 4.91. The van der Waals surface area contributed by atoms with Crippen LogP contribution in [0.1, 0.15) is 21.5 Å². The Labute approximate surface area is 144 Å². The maximum absolute atomic E-state index is 13.5. The van der Waals surface area contributed by atoms with Crippen molar-refractivity contribution in [3.05, 3.63) is 62.5 Å². The van der Waals surface area contributed by atoms with Crippen LogP contribution in [0.4, 0.5) is 4.39 Å². The van der Waals surface area contributed by atoms with E-state index in [0.29, 0.717) is 15.4 Å². The molecule has 0 saturated heterocycles. The zero-order valence-corrected chi connectivity index (χ0v) is 14.1. The third kappa shape index (κ3) is 2.62. The van der Waals surface area contributed by atoms with Gasteiger partial charge in [-0.3, -0.25) is 9.48 Å². The van der Waals surface area contributed by atoms with Crippen molar-refractivity contribution in [2.75, 3.05) is 0 Å². The summed E-state index contributed by atoms with van der Waals surface area (Å²) in [5.74, 6) is -1.10. The SMILES string of the molecule is Cn1cc2c(C#N)c(C(=O)c3cc(F)ccc3Cl)c(Br)cc2n1. The average molecular weight is 393 g/mol. The largest absolute Gasteiger partial charge is 0.288 e. The van der Waals surface area contributed by atoms with Gasteiger partial charge in [0, 0.05) is 28.7 Å². The van der Waals surface area contributed by atoms with Crippen molar-refractivity contribution in [2.24, 2.45) is 7.05 Å². The fourth-order valence-electron chi connectivity index (χ4n) is 2.40. The first kappa shape index (κ1) is 15.7. The lowest BCUT2D eigenvalue weighted by molar-refractivity contribution is 0.103. The van der Waals surface area contributed by atoms with Crippen molar-refractivity contribution in [1.29, 1.82) is 5.26 Å². The van der Waals surface area contributed by atoms with Gasteiger partial charge in [-0.25, -0.2) is 4.39 Å². The van der Waals surface area contributed by atoms with Gasteiger partial charge in [0.15, 0.2) is 5.78 Å². The van der Waals surface area contributed by atoms with Gasteiger partial charge in [0.05, 0.1) is 21.7 Å². The molecule has 0 saturated carbocycles. The van der Waals surface area contributed by atoms with Crippen LogP contribution in [0, 0.1) is 17.1 Å². The molecule has 0 atom stereocenters. The molecular weight excluding hydrogens is 385 g/mol. The van der Waals surface area contributed by atoms with Crippen LogP contribution in [0.15, 0.2) is 34.9 Å². The lowest BCUT2D eigenvalue weighted by Crippen LogP contribution is -2.07. The Hall–Kier alpha value is -2.23. The molecule has 7 heteroatoms. The Morgan fingerprint density at radius 3 is 2.87 bits per heavy atom. The van der Waals surface area contributed by atoms with Crippen LogP contribution in [0.5, 0.6) is 0 Å². The van der Waals surface area contributed by atoms with E-state index in [4.69, 9.17) is 11.6 Å². The number of aromatic nitrogens is 2. The van der Waals surface area contributed by atoms with Crippen molar-refractivity contribution in [3.8, 4) is 6.07 Å². The molecule has 0 radical (unpaired) electrons. The van der Waals surface area contributed by atoms with E-state index in [0.717, 1.165) is 6.07 Å². The molecule has 0 bridgehead atoms. The fraction of sp³-hybridized carbons (Fsp3) is 0.0625. The van der Waals surface area contributed by atoms with Crippen LogP contribution in [0.25, 0.3) is 10.9 Å². The first-order valence-electron chi connectivity index (χ1n) is 6.48. The third-order valence-corrected chi connectivity index (χ3v) is 4.35. The van der Waals surface area contributed by atoms with Crippen molar-refractivity contribution in [2.45, 2.75) is 0 Å². The van der Waals surface area contributed by atoms with Gasteiger partial charge in [-0.05, 0) is 40.2 Å². The van der Waals surface area contributed by atoms with Crippen molar-refractivity contribution >= 4 is 44.2 Å². The van der Waals surface area contributed by atoms with Crippen LogP contribution in [0.2, 0.25) is 5.02 Å². The highest BCUT2D eigenvalue weighted by Gasteiger charge is 2.23. The standard InChI is InChI=1S/C16H8BrClFN3O/c1-22-7-11-10(6-20)15(12(17)5-14(11)21-22)16(23)9-4-8(19)2-3-13(9)18/h2-5,7H,1H3. The van der Waals surface area contributed by atoms with Gasteiger partial charge in [0.25, 0.3) is 0 Å². The van der Waals surface area contributed by atoms with Crippen molar-refractivity contribution in [1.82, 2.24) is 9.78 Å². The molecule has 3 aromatic rings. The molecule has 3 rings (SSSR count). The topological polar surface area (TPSA) is 58.7 Å². The summed E-state index contributed by atoms with van der Waals surface area (Å²) in [5, 5.41) is 14.4. The highest BCUT2D eigenvalue weighted by molar-refractivity contribution is 9.10. The molecule has 0 amide bonds. The zero-order chi connectivity index (χ0) is 16.7. The van der Waals surface area contributed by atoms with Gasteiger partial charge < -0.3 is 0 Å². The van der Waals surface area contributed by atoms with Crippen molar-refractivity contribution in [3.63, 3.8) is 0 Å². The Morgan fingerprint density at radius 2 is 2.17 bits per heavy atom. The molecule has 0 aliphatic carbocycles. The molecule has 23 heavy (non-hydrogen) atoms. The number of hydrogen-bond donors (Lipinski definition) is 0. The smallest absolute Gasteiger partial charge is 0.197 e. The summed E-state index contributed by atoms with van der Waals surface area (Å²) in [7, 11) is 1.72. The van der Waals surface area contributed by atoms with Gasteiger partial charge in [0.2, 0.25) is 0 Å². The Kier molecular flexibility index (Phi) is 3.92. The van der Waals surface area contributed by atoms with E-state index < -0.39 is 11.6 Å². The number of fused-ring (bicyclic) bond motifs is 1. The van der Waals surface area contributed by atoms with E-state index in [1.54, 1.807) is 24.0 Å². The van der Waals surface area contributed by atoms with E-state index in [1.807, 2.05) is 6.07 Å². The number of aryl methyl sites for hydroxylation is 1. The highest BCUT2D eigenvalue weighted by Crippen LogP contribution is 2.32. The van der Waals surface area contributed by atoms with E-state index in [9.17, 15) is 14.4 Å². The maximum atomic E-state index is 13.5. The molecule has 1 aromatic heterocycles. The van der Waals surface area contributed by atoms with Crippen LogP contribution >= 0.6 is 27.5 Å². The minimum atomic E-state index is -0.574. The number of halogens is 3. The van der Waals surface area contributed by atoms with Crippen LogP contribution in [0.3, 0.4) is 0 Å². The number of nitrogens with zero attached hydrogens (tertiary/aromatic N) is 3. The minimum absolute atomic E-state index is 0.00658. The average Bonchev–Trinajstić information content (AvgIpc) is 2.87. The van der Waals surface area contributed by atoms with Gasteiger partial charge in [-0.15, -0.1) is 0 Å². The normalized spacial score (nSPS) is 10.7. The second-order valence-corrected chi connectivity index (χ2v) is 6.17. The number of hydrogen-bond acceptors (Lipinski definition) is 3. The van der Waals surface area contributed by atoms with Gasteiger partial charge >= 0.3 is 0 Å². The summed E-state index contributed by atoms with van der Waals surface area (Å²) in [6, 6.07) is 7.23. The van der Waals surface area contributed by atoms with E-state index in [2.05, 4.69) is 21.0 Å². The first-order valence-corrected chi connectivity index (χ1v) is 7.65. The second kappa shape index (κ2) is 5.76. The monoisotopic (exact) mass is 391 g/mol. The predicted molar refractivity (Wildman–Crippen MR) is 88.0 cm³/mol. The number of ketones is 1. The molecule has 0 aliphatic heterocycles. The summed E-state index contributed by atoms with van der Waals surface area (Å²) < 4.78 is 15.4. The lowest BCUT2D eigenvalue weighted by atomic mass is 9.96. The molecule has 4 nitrogen and oxygen atoms in total. The Balaban J connectivity index is 2.31. The van der Waals surface area contributed by atoms with E-state index in [1.165, 1.54) is 12.1 Å². The molecule has 114 valence electrons. The van der Waals surface area contributed by atoms with E-state index in [-0.39, 0.29) is 21.7 Å². The summed E-state index contributed by atoms with van der Waals surface area (Å²) in [5.41, 5.74) is 0.901. The Morgan fingerprint density at radius 1 is 1.43 bits per heavy atom. The van der Waals surface area contributed by atoms with Gasteiger partial charge in [0.1, 0.15) is 11.9 Å². The summed E-state index contributed by atoms with van der Waals surface area (Å²) in [6.07, 6.45) is 1.66. The number of carbonyl (C=O) groups is 1. The molecule has 0 unspecified atom stereocenters. The quantitative estimate of drug-likeness (QED) is 0.613. The zero-order valence-electron chi connectivity index (χ0n) is 11.8. The Bertz CT molecular complexity index is 1010. The summed E-state index contributed by atoms with van der Waals surface area (Å²) in [6.45, 7) is 0. The van der Waals surface area contributed by atoms with Gasteiger partial charge in [-0.2, -0.15) is 10.4 Å². The van der Waals surface area contributed by atoms with Gasteiger partial charge in [-0.1, -0.05) is 11.6 Å². The number of carbonyl (C=O) groups excluding carboxylic acids is 1. The van der Waals surface area contributed by atoms with E-state index >= 15 is 0 Å². The molecule has 0 aliphatic rings. The number of nitriles is 1. The molecule has 0 N–H and O–H groups in total. The molecular formula is C16H8BrClFN3O. The third-order valence-electron chi connectivity index (χ3n) is 3.39. The first-order chi connectivity index (χ1) is 10.9. The molecule has 1 heterocycles. The molecule has 0 spiro atoms. The van der Waals surface area contributed by atoms with Crippen molar-refractivity contribution < 1.29 is 9.18 Å². The summed E-state index contributed by atoms with van der Waals surface area (Å²) in [4.78, 5) is 12.8. The lowest BCUT2D eigenvalue weighted by Gasteiger charge is -2.08. The van der Waals surface area contributed by atoms with Crippen LogP contribution in [-0.2, 0) is 7.05 Å². The summed E-state index contributed by atoms with van der Waals surface area (Å²) >= 11 is 9.31. The minimum Gasteiger partial charge on any atom is -0.288 e. The fourth-order valence-corrected chi connectivity index (χ4v) is 3.19. The van der Waals surface area contributed by atoms with Crippen LogP contribution in [-0.4, -0.2) is 15.6 Å². The predicted octanol–water partition coefficient (Wildman–Crippen LogP) is 4.23. The molecule has 2 aromatic carbocycles. The highest BCUT2D eigenvalue weighted by atomic mass is 79.9. The van der Waals surface area contributed by atoms with Crippen LogP contribution < -0.4 is 0 Å². The number of rotatable bonds is 2. The number of benzene rings is 2. The molecule has 0 fully saturated rings.